The number of hydrogen-bond donors (Lipinski definition) is 1. The quantitative estimate of drug-likeness (QED) is 0.630. The van der Waals surface area contributed by atoms with E-state index in [0.717, 1.165) is 10.5 Å². The van der Waals surface area contributed by atoms with Gasteiger partial charge in [-0.3, -0.25) is 14.5 Å². The standard InChI is InChI=1S/C18H21FN2O4/c1-4-9-18(17(24)25-3)13-12(15(22)21(2)16(13)23)14(20-18)10-5-7-11(19)8-6-10/h5-8,12-14,20H,4,9H2,1-3H3/p+1/t12-,13-,14-,18-/m0/s1. The second-order valence-corrected chi connectivity index (χ2v) is 6.76. The topological polar surface area (TPSA) is 80.3 Å². The van der Waals surface area contributed by atoms with Crippen molar-refractivity contribution in [1.82, 2.24) is 4.90 Å². The maximum Gasteiger partial charge on any atom is 0.368 e. The molecule has 25 heavy (non-hydrogen) atoms. The molecule has 3 rings (SSSR count). The third-order valence-electron chi connectivity index (χ3n) is 5.47. The molecule has 0 spiro atoms. The van der Waals surface area contributed by atoms with E-state index in [2.05, 4.69) is 0 Å². The van der Waals surface area contributed by atoms with Crippen molar-refractivity contribution in [3.8, 4) is 0 Å². The number of methoxy groups -OCH3 is 1. The Morgan fingerprint density at radius 2 is 1.92 bits per heavy atom. The second-order valence-electron chi connectivity index (χ2n) is 6.76. The van der Waals surface area contributed by atoms with Crippen LogP contribution in [0.4, 0.5) is 4.39 Å². The van der Waals surface area contributed by atoms with Gasteiger partial charge in [-0.2, -0.15) is 0 Å². The molecule has 2 aliphatic heterocycles. The maximum absolute atomic E-state index is 13.3. The monoisotopic (exact) mass is 349 g/mol. The van der Waals surface area contributed by atoms with E-state index in [9.17, 15) is 18.8 Å². The molecule has 2 heterocycles. The lowest BCUT2D eigenvalue weighted by atomic mass is 9.77. The number of benzene rings is 1. The largest absolute Gasteiger partial charge is 0.464 e. The van der Waals surface area contributed by atoms with Crippen molar-refractivity contribution < 1.29 is 28.8 Å². The zero-order chi connectivity index (χ0) is 18.4. The molecule has 2 aliphatic rings. The van der Waals surface area contributed by atoms with Gasteiger partial charge in [-0.05, 0) is 18.6 Å². The summed E-state index contributed by atoms with van der Waals surface area (Å²) >= 11 is 0. The number of hydrogen-bond acceptors (Lipinski definition) is 4. The van der Waals surface area contributed by atoms with Crippen LogP contribution in [0.5, 0.6) is 0 Å². The Morgan fingerprint density at radius 3 is 2.48 bits per heavy atom. The first kappa shape index (κ1) is 17.5. The van der Waals surface area contributed by atoms with Crippen molar-refractivity contribution in [3.05, 3.63) is 35.6 Å². The summed E-state index contributed by atoms with van der Waals surface area (Å²) in [6, 6.07) is 5.41. The van der Waals surface area contributed by atoms with Crippen LogP contribution in [0.25, 0.3) is 0 Å². The molecule has 6 nitrogen and oxygen atoms in total. The van der Waals surface area contributed by atoms with Crippen molar-refractivity contribution >= 4 is 17.8 Å². The predicted octanol–water partition coefficient (Wildman–Crippen LogP) is 0.387. The number of nitrogens with two attached hydrogens (primary N) is 1. The Morgan fingerprint density at radius 1 is 1.28 bits per heavy atom. The SMILES string of the molecule is CCC[C@]1(C(=O)OC)[NH2+][C@@H](c2ccc(F)cc2)[C@H]2C(=O)N(C)C(=O)[C@H]21. The molecule has 2 fully saturated rings. The average Bonchev–Trinajstić information content (AvgIpc) is 3.06. The molecule has 7 heteroatoms. The summed E-state index contributed by atoms with van der Waals surface area (Å²) < 4.78 is 18.3. The van der Waals surface area contributed by atoms with Crippen molar-refractivity contribution in [2.45, 2.75) is 31.3 Å². The van der Waals surface area contributed by atoms with Gasteiger partial charge in [-0.25, -0.2) is 9.18 Å². The molecule has 0 saturated carbocycles. The lowest BCUT2D eigenvalue weighted by Gasteiger charge is -2.28. The van der Waals surface area contributed by atoms with E-state index < -0.39 is 29.4 Å². The van der Waals surface area contributed by atoms with Gasteiger partial charge in [0.2, 0.25) is 17.4 Å². The number of rotatable bonds is 4. The zero-order valence-corrected chi connectivity index (χ0v) is 14.5. The molecule has 1 aromatic rings. The molecular weight excluding hydrogens is 327 g/mol. The third kappa shape index (κ3) is 2.45. The van der Waals surface area contributed by atoms with Crippen LogP contribution in [0.1, 0.15) is 31.4 Å². The van der Waals surface area contributed by atoms with Gasteiger partial charge in [-0.15, -0.1) is 0 Å². The minimum absolute atomic E-state index is 0.303. The number of nitrogens with zero attached hydrogens (tertiary/aromatic N) is 1. The fourth-order valence-corrected chi connectivity index (χ4v) is 4.39. The van der Waals surface area contributed by atoms with Gasteiger partial charge in [0, 0.05) is 19.0 Å². The lowest BCUT2D eigenvalue weighted by molar-refractivity contribution is -0.735. The van der Waals surface area contributed by atoms with Crippen LogP contribution in [0.2, 0.25) is 0 Å². The van der Waals surface area contributed by atoms with Crippen LogP contribution < -0.4 is 5.32 Å². The molecule has 2 saturated heterocycles. The number of quaternary nitrogens is 1. The molecular formula is C18H22FN2O4+. The van der Waals surface area contributed by atoms with Crippen LogP contribution in [0.3, 0.4) is 0 Å². The third-order valence-corrected chi connectivity index (χ3v) is 5.47. The molecule has 0 unspecified atom stereocenters. The fraction of sp³-hybridized carbons (Fsp3) is 0.500. The summed E-state index contributed by atoms with van der Waals surface area (Å²) in [5.74, 6) is -2.96. The van der Waals surface area contributed by atoms with Gasteiger partial charge in [0.05, 0.1) is 7.11 Å². The van der Waals surface area contributed by atoms with Crippen molar-refractivity contribution in [2.24, 2.45) is 11.8 Å². The molecule has 2 N–H and O–H groups in total. The highest BCUT2D eigenvalue weighted by Gasteiger charge is 2.71. The van der Waals surface area contributed by atoms with E-state index in [1.54, 1.807) is 17.4 Å². The van der Waals surface area contributed by atoms with Crippen LogP contribution in [0, 0.1) is 17.7 Å². The smallest absolute Gasteiger partial charge is 0.368 e. The Hall–Kier alpha value is -2.28. The molecule has 1 aromatic carbocycles. The second kappa shape index (κ2) is 6.22. The predicted molar refractivity (Wildman–Crippen MR) is 85.5 cm³/mol. The minimum atomic E-state index is -1.13. The summed E-state index contributed by atoms with van der Waals surface area (Å²) in [6.07, 6.45) is 1.08. The van der Waals surface area contributed by atoms with Gasteiger partial charge < -0.3 is 10.1 Å². The van der Waals surface area contributed by atoms with Gasteiger partial charge in [-0.1, -0.05) is 19.1 Å². The highest BCUT2D eigenvalue weighted by Crippen LogP contribution is 2.45. The van der Waals surface area contributed by atoms with Gasteiger partial charge in [0.1, 0.15) is 23.7 Å². The van der Waals surface area contributed by atoms with Gasteiger partial charge in [0.25, 0.3) is 0 Å². The number of fused-ring (bicyclic) bond motifs is 1. The van der Waals surface area contributed by atoms with Crippen molar-refractivity contribution in [3.63, 3.8) is 0 Å². The number of carbonyl (C=O) groups is 3. The van der Waals surface area contributed by atoms with Crippen molar-refractivity contribution in [2.75, 3.05) is 14.2 Å². The maximum atomic E-state index is 13.3. The summed E-state index contributed by atoms with van der Waals surface area (Å²) in [5.41, 5.74) is -0.417. The number of esters is 1. The minimum Gasteiger partial charge on any atom is -0.464 e. The van der Waals surface area contributed by atoms with Crippen molar-refractivity contribution in [1.29, 1.82) is 0 Å². The van der Waals surface area contributed by atoms with E-state index in [0.29, 0.717) is 12.8 Å². The number of likely N-dealkylation sites (tertiary alicyclic amines) is 1. The number of carbonyl (C=O) groups excluding carboxylic acids is 3. The Bertz CT molecular complexity index is 720. The number of imide groups is 1. The first-order chi connectivity index (χ1) is 11.9. The first-order valence-corrected chi connectivity index (χ1v) is 8.38. The summed E-state index contributed by atoms with van der Waals surface area (Å²) in [7, 11) is 2.73. The number of halogens is 1. The Labute approximate surface area is 145 Å². The zero-order valence-electron chi connectivity index (χ0n) is 14.5. The molecule has 0 aliphatic carbocycles. The van der Waals surface area contributed by atoms with E-state index in [1.807, 2.05) is 6.92 Å². The molecule has 0 aromatic heterocycles. The van der Waals surface area contributed by atoms with Crippen LogP contribution in [-0.2, 0) is 19.1 Å². The Kier molecular flexibility index (Phi) is 4.36. The van der Waals surface area contributed by atoms with Crippen LogP contribution in [-0.4, -0.2) is 42.4 Å². The number of amides is 2. The van der Waals surface area contributed by atoms with Gasteiger partial charge >= 0.3 is 5.97 Å². The molecule has 0 radical (unpaired) electrons. The normalized spacial score (nSPS) is 31.4. The number of ether oxygens (including phenoxy) is 1. The summed E-state index contributed by atoms with van der Waals surface area (Å²) in [5, 5.41) is 1.79. The first-order valence-electron chi connectivity index (χ1n) is 8.38. The lowest BCUT2D eigenvalue weighted by Crippen LogP contribution is -2.98. The highest BCUT2D eigenvalue weighted by molar-refractivity contribution is 6.08. The fourth-order valence-electron chi connectivity index (χ4n) is 4.39. The average molecular weight is 349 g/mol. The van der Waals surface area contributed by atoms with E-state index in [4.69, 9.17) is 4.74 Å². The van der Waals surface area contributed by atoms with Crippen LogP contribution in [0.15, 0.2) is 24.3 Å². The van der Waals surface area contributed by atoms with Gasteiger partial charge in [0.15, 0.2) is 0 Å². The molecule has 4 atom stereocenters. The van der Waals surface area contributed by atoms with E-state index in [1.165, 1.54) is 26.3 Å². The van der Waals surface area contributed by atoms with E-state index >= 15 is 0 Å². The molecule has 2 amide bonds. The highest BCUT2D eigenvalue weighted by atomic mass is 19.1. The Balaban J connectivity index is 2.13. The molecule has 0 bridgehead atoms. The molecule has 134 valence electrons. The summed E-state index contributed by atoms with van der Waals surface area (Å²) in [4.78, 5) is 39.2. The van der Waals surface area contributed by atoms with E-state index in [-0.39, 0.29) is 17.6 Å². The summed E-state index contributed by atoms with van der Waals surface area (Å²) in [6.45, 7) is 1.92. The van der Waals surface area contributed by atoms with Crippen LogP contribution >= 0.6 is 0 Å².